The number of carbonyl (C=O) groups is 1. The number of nitrogens with zero attached hydrogens (tertiary/aromatic N) is 2. The summed E-state index contributed by atoms with van der Waals surface area (Å²) < 4.78 is 34.9. The summed E-state index contributed by atoms with van der Waals surface area (Å²) in [6.07, 6.45) is 0.170. The van der Waals surface area contributed by atoms with Gasteiger partial charge in [-0.05, 0) is 44.7 Å². The molecule has 2 rings (SSSR count). The smallest absolute Gasteiger partial charge is 0.387 e. The second kappa shape index (κ2) is 11.2. The van der Waals surface area contributed by atoms with Crippen LogP contribution in [0.25, 0.3) is 0 Å². The summed E-state index contributed by atoms with van der Waals surface area (Å²) in [6, 6.07) is 9.23. The minimum absolute atomic E-state index is 0.0324. The van der Waals surface area contributed by atoms with Crippen molar-refractivity contribution in [3.63, 3.8) is 0 Å². The Morgan fingerprint density at radius 1 is 1.26 bits per heavy atom. The Labute approximate surface area is 178 Å². The third-order valence-electron chi connectivity index (χ3n) is 4.47. The van der Waals surface area contributed by atoms with Gasteiger partial charge >= 0.3 is 6.61 Å². The Kier molecular flexibility index (Phi) is 8.68. The van der Waals surface area contributed by atoms with Gasteiger partial charge in [-0.2, -0.15) is 8.78 Å². The molecule has 168 valence electrons. The number of benzene rings is 2. The first kappa shape index (κ1) is 24.0. The molecule has 10 heteroatoms. The zero-order valence-electron chi connectivity index (χ0n) is 17.6. The molecular formula is C21H25F2N3O5. The van der Waals surface area contributed by atoms with E-state index >= 15 is 0 Å². The van der Waals surface area contributed by atoms with Gasteiger partial charge in [0.1, 0.15) is 0 Å². The van der Waals surface area contributed by atoms with E-state index in [1.165, 1.54) is 18.2 Å². The monoisotopic (exact) mass is 437 g/mol. The molecule has 0 bridgehead atoms. The van der Waals surface area contributed by atoms with Crippen molar-refractivity contribution in [1.82, 2.24) is 4.90 Å². The van der Waals surface area contributed by atoms with Crippen LogP contribution in [-0.4, -0.2) is 42.5 Å². The van der Waals surface area contributed by atoms with E-state index < -0.39 is 11.5 Å². The van der Waals surface area contributed by atoms with E-state index in [4.69, 9.17) is 4.74 Å². The van der Waals surface area contributed by atoms with Gasteiger partial charge in [-0.25, -0.2) is 0 Å². The van der Waals surface area contributed by atoms with Crippen LogP contribution in [0, 0.1) is 17.0 Å². The van der Waals surface area contributed by atoms with Crippen molar-refractivity contribution in [2.45, 2.75) is 33.4 Å². The number of amides is 1. The zero-order valence-corrected chi connectivity index (χ0v) is 17.6. The molecule has 0 aliphatic rings. The van der Waals surface area contributed by atoms with Crippen molar-refractivity contribution < 1.29 is 28.0 Å². The fourth-order valence-corrected chi connectivity index (χ4v) is 2.96. The largest absolute Gasteiger partial charge is 0.490 e. The van der Waals surface area contributed by atoms with Gasteiger partial charge < -0.3 is 19.7 Å². The van der Waals surface area contributed by atoms with Gasteiger partial charge in [-0.15, -0.1) is 0 Å². The van der Waals surface area contributed by atoms with E-state index in [2.05, 4.69) is 10.1 Å². The van der Waals surface area contributed by atoms with Crippen LogP contribution in [0.3, 0.4) is 0 Å². The van der Waals surface area contributed by atoms with Crippen molar-refractivity contribution >= 4 is 17.3 Å². The number of hydrogen-bond donors (Lipinski definition) is 1. The molecule has 0 saturated carbocycles. The third-order valence-corrected chi connectivity index (χ3v) is 4.47. The molecule has 2 aromatic rings. The van der Waals surface area contributed by atoms with Crippen LogP contribution in [0.2, 0.25) is 0 Å². The molecule has 0 atom stereocenters. The van der Waals surface area contributed by atoms with Gasteiger partial charge in [-0.3, -0.25) is 14.9 Å². The molecule has 0 aliphatic carbocycles. The minimum atomic E-state index is -2.94. The highest BCUT2D eigenvalue weighted by molar-refractivity contribution is 5.92. The molecule has 0 saturated heterocycles. The molecule has 1 N–H and O–H groups in total. The molecule has 0 aromatic heterocycles. The maximum absolute atomic E-state index is 12.5. The molecule has 0 aliphatic heterocycles. The molecule has 0 spiro atoms. The average Bonchev–Trinajstić information content (AvgIpc) is 2.69. The molecule has 0 heterocycles. The normalized spacial score (nSPS) is 10.9. The van der Waals surface area contributed by atoms with Gasteiger partial charge in [0.15, 0.2) is 11.5 Å². The Morgan fingerprint density at radius 2 is 2.00 bits per heavy atom. The number of anilines is 1. The Balaban J connectivity index is 1.94. The van der Waals surface area contributed by atoms with Gasteiger partial charge in [-0.1, -0.05) is 12.1 Å². The number of halogens is 2. The van der Waals surface area contributed by atoms with Crippen molar-refractivity contribution in [1.29, 1.82) is 0 Å². The molecular weight excluding hydrogens is 412 g/mol. The molecule has 31 heavy (non-hydrogen) atoms. The van der Waals surface area contributed by atoms with E-state index in [0.717, 1.165) is 5.56 Å². The fourth-order valence-electron chi connectivity index (χ4n) is 2.96. The zero-order chi connectivity index (χ0) is 23.0. The predicted octanol–water partition coefficient (Wildman–Crippen LogP) is 4.36. The lowest BCUT2D eigenvalue weighted by Gasteiger charge is -2.18. The summed E-state index contributed by atoms with van der Waals surface area (Å²) in [6.45, 7) is 1.55. The number of carbonyl (C=O) groups excluding carboxylic acids is 1. The highest BCUT2D eigenvalue weighted by Gasteiger charge is 2.16. The average molecular weight is 437 g/mol. The highest BCUT2D eigenvalue weighted by Crippen LogP contribution is 2.30. The first-order chi connectivity index (χ1) is 14.7. The van der Waals surface area contributed by atoms with E-state index in [0.29, 0.717) is 30.9 Å². The summed E-state index contributed by atoms with van der Waals surface area (Å²) in [5.74, 6) is -0.0753. The van der Waals surface area contributed by atoms with Crippen molar-refractivity contribution in [2.24, 2.45) is 0 Å². The number of nitro benzene ring substituents is 1. The van der Waals surface area contributed by atoms with Crippen LogP contribution in [0.5, 0.6) is 11.5 Å². The van der Waals surface area contributed by atoms with E-state index in [-0.39, 0.29) is 29.5 Å². The van der Waals surface area contributed by atoms with Crippen LogP contribution < -0.4 is 14.8 Å². The number of alkyl halides is 2. The first-order valence-corrected chi connectivity index (χ1v) is 9.64. The van der Waals surface area contributed by atoms with E-state index in [1.807, 2.05) is 11.9 Å². The Morgan fingerprint density at radius 3 is 2.65 bits per heavy atom. The lowest BCUT2D eigenvalue weighted by atomic mass is 10.1. The molecule has 0 unspecified atom stereocenters. The van der Waals surface area contributed by atoms with Crippen LogP contribution in [0.4, 0.5) is 20.2 Å². The molecule has 0 radical (unpaired) electrons. The van der Waals surface area contributed by atoms with Crippen LogP contribution in [0.1, 0.15) is 24.5 Å². The SMILES string of the molecule is CCOc1cc(CN(C)CCC(=O)Nc2cccc([N+](=O)[O-])c2C)ccc1OC(F)F. The topological polar surface area (TPSA) is 93.9 Å². The maximum atomic E-state index is 12.5. The lowest BCUT2D eigenvalue weighted by molar-refractivity contribution is -0.385. The Hall–Kier alpha value is -3.27. The molecule has 1 amide bonds. The summed E-state index contributed by atoms with van der Waals surface area (Å²) in [4.78, 5) is 24.7. The number of hydrogen-bond acceptors (Lipinski definition) is 6. The summed E-state index contributed by atoms with van der Waals surface area (Å²) in [5, 5.41) is 13.7. The number of nitro groups is 1. The van der Waals surface area contributed by atoms with Gasteiger partial charge in [0.05, 0.1) is 22.8 Å². The van der Waals surface area contributed by atoms with E-state index in [9.17, 15) is 23.7 Å². The molecule has 8 nitrogen and oxygen atoms in total. The van der Waals surface area contributed by atoms with Gasteiger partial charge in [0, 0.05) is 25.6 Å². The van der Waals surface area contributed by atoms with Crippen molar-refractivity contribution in [3.05, 3.63) is 57.6 Å². The number of ether oxygens (including phenoxy) is 2. The Bertz CT molecular complexity index is 924. The van der Waals surface area contributed by atoms with Crippen molar-refractivity contribution in [2.75, 3.05) is 25.5 Å². The summed E-state index contributed by atoms with van der Waals surface area (Å²) in [5.41, 5.74) is 1.54. The van der Waals surface area contributed by atoms with E-state index in [1.54, 1.807) is 32.0 Å². The highest BCUT2D eigenvalue weighted by atomic mass is 19.3. The van der Waals surface area contributed by atoms with Crippen molar-refractivity contribution in [3.8, 4) is 11.5 Å². The standard InChI is InChI=1S/C21H25F2N3O5/c1-4-30-19-12-15(8-9-18(19)31-21(22)23)13-25(3)11-10-20(27)24-16-6-5-7-17(14(16)2)26(28)29/h5-9,12,21H,4,10-11,13H2,1-3H3,(H,24,27). The number of nitrogens with one attached hydrogen (secondary N) is 1. The summed E-state index contributed by atoms with van der Waals surface area (Å²) >= 11 is 0. The van der Waals surface area contributed by atoms with Crippen LogP contribution in [-0.2, 0) is 11.3 Å². The third kappa shape index (κ3) is 7.18. The van der Waals surface area contributed by atoms with Crippen LogP contribution in [0.15, 0.2) is 36.4 Å². The van der Waals surface area contributed by atoms with Gasteiger partial charge in [0.2, 0.25) is 5.91 Å². The predicted molar refractivity (Wildman–Crippen MR) is 112 cm³/mol. The fraction of sp³-hybridized carbons (Fsp3) is 0.381. The molecule has 2 aromatic carbocycles. The second-order valence-electron chi connectivity index (χ2n) is 6.84. The quantitative estimate of drug-likeness (QED) is 0.415. The number of rotatable bonds is 11. The lowest BCUT2D eigenvalue weighted by Crippen LogP contribution is -2.24. The van der Waals surface area contributed by atoms with Gasteiger partial charge in [0.25, 0.3) is 5.69 Å². The maximum Gasteiger partial charge on any atom is 0.387 e. The minimum Gasteiger partial charge on any atom is -0.490 e. The second-order valence-corrected chi connectivity index (χ2v) is 6.84. The first-order valence-electron chi connectivity index (χ1n) is 9.64. The summed E-state index contributed by atoms with van der Waals surface area (Å²) in [7, 11) is 1.82. The van der Waals surface area contributed by atoms with Crippen LogP contribution >= 0.6 is 0 Å². The molecule has 0 fully saturated rings.